The van der Waals surface area contributed by atoms with Crippen LogP contribution in [0.5, 0.6) is 5.75 Å². The van der Waals surface area contributed by atoms with Gasteiger partial charge in [-0.2, -0.15) is 5.10 Å². The number of hydrogen-bond donors (Lipinski definition) is 2. The molecule has 0 saturated heterocycles. The summed E-state index contributed by atoms with van der Waals surface area (Å²) in [7, 11) is 0. The highest BCUT2D eigenvalue weighted by molar-refractivity contribution is 9.11. The molecule has 0 aliphatic heterocycles. The van der Waals surface area contributed by atoms with Crippen LogP contribution in [-0.2, 0) is 11.3 Å². The molecule has 0 radical (unpaired) electrons. The lowest BCUT2D eigenvalue weighted by atomic mass is 10.1. The molecule has 134 valence electrons. The molecule has 1 aromatic heterocycles. The highest BCUT2D eigenvalue weighted by atomic mass is 79.9. The summed E-state index contributed by atoms with van der Waals surface area (Å²) in [6.45, 7) is 2.32. The number of hydrogen-bond acceptors (Lipinski definition) is 4. The number of carbonyl (C=O) groups excluding carboxylic acids is 1. The maximum absolute atomic E-state index is 12.3. The second kappa shape index (κ2) is 8.01. The van der Waals surface area contributed by atoms with Crippen molar-refractivity contribution < 1.29 is 9.90 Å². The lowest BCUT2D eigenvalue weighted by Crippen LogP contribution is -2.27. The number of para-hydroxylation sites is 2. The van der Waals surface area contributed by atoms with Gasteiger partial charge in [-0.05, 0) is 40.2 Å². The van der Waals surface area contributed by atoms with E-state index in [1.54, 1.807) is 18.5 Å². The summed E-state index contributed by atoms with van der Waals surface area (Å²) in [4.78, 5) is 16.6. The van der Waals surface area contributed by atoms with E-state index in [1.807, 2.05) is 35.8 Å². The number of benzene rings is 2. The quantitative estimate of drug-likeness (QED) is 0.428. The van der Waals surface area contributed by atoms with Gasteiger partial charge in [-0.3, -0.25) is 4.79 Å². The van der Waals surface area contributed by atoms with Crippen LogP contribution in [0.1, 0.15) is 12.5 Å². The number of carbonyl (C=O) groups is 1. The van der Waals surface area contributed by atoms with Crippen LogP contribution in [0.4, 0.5) is 0 Å². The van der Waals surface area contributed by atoms with Gasteiger partial charge in [0.1, 0.15) is 5.75 Å². The number of aromatic nitrogens is 2. The number of hydrazone groups is 1. The average Bonchev–Trinajstić information content (AvgIpc) is 3.02. The number of nitrogens with one attached hydrogen (secondary N) is 1. The van der Waals surface area contributed by atoms with Crippen LogP contribution in [0.3, 0.4) is 0 Å². The van der Waals surface area contributed by atoms with Gasteiger partial charge in [-0.1, -0.05) is 35.0 Å². The SMILES string of the molecule is CC(Cn1cnc2ccccc21)C(=O)NN=Cc1cc(Br)cc(Br)c1O. The molecule has 0 spiro atoms. The minimum absolute atomic E-state index is 0.0594. The number of halogens is 2. The van der Waals surface area contributed by atoms with Gasteiger partial charge in [-0.15, -0.1) is 0 Å². The predicted molar refractivity (Wildman–Crippen MR) is 108 cm³/mol. The second-order valence-electron chi connectivity index (χ2n) is 5.85. The van der Waals surface area contributed by atoms with Crippen molar-refractivity contribution in [1.82, 2.24) is 15.0 Å². The van der Waals surface area contributed by atoms with Crippen LogP contribution in [0, 0.1) is 5.92 Å². The Balaban J connectivity index is 1.65. The molecule has 6 nitrogen and oxygen atoms in total. The fraction of sp³-hybridized carbons (Fsp3) is 0.167. The molecule has 1 atom stereocenters. The van der Waals surface area contributed by atoms with Crippen molar-refractivity contribution in [1.29, 1.82) is 0 Å². The fourth-order valence-corrected chi connectivity index (χ4v) is 3.75. The van der Waals surface area contributed by atoms with E-state index in [4.69, 9.17) is 0 Å². The maximum atomic E-state index is 12.3. The van der Waals surface area contributed by atoms with Crippen molar-refractivity contribution in [3.63, 3.8) is 0 Å². The van der Waals surface area contributed by atoms with Gasteiger partial charge < -0.3 is 9.67 Å². The summed E-state index contributed by atoms with van der Waals surface area (Å²) in [6, 6.07) is 11.2. The zero-order valence-electron chi connectivity index (χ0n) is 13.9. The lowest BCUT2D eigenvalue weighted by Gasteiger charge is -2.11. The van der Waals surface area contributed by atoms with Gasteiger partial charge in [0.15, 0.2) is 0 Å². The van der Waals surface area contributed by atoms with Crippen molar-refractivity contribution in [3.05, 3.63) is 57.2 Å². The van der Waals surface area contributed by atoms with Crippen LogP contribution in [0.2, 0.25) is 0 Å². The average molecular weight is 480 g/mol. The normalized spacial score (nSPS) is 12.6. The third-order valence-corrected chi connectivity index (χ3v) is 4.94. The molecular formula is C18H16Br2N4O2. The third kappa shape index (κ3) is 4.13. The maximum Gasteiger partial charge on any atom is 0.244 e. The van der Waals surface area contributed by atoms with Crippen LogP contribution in [-0.4, -0.2) is 26.8 Å². The van der Waals surface area contributed by atoms with Crippen molar-refractivity contribution in [2.24, 2.45) is 11.0 Å². The van der Waals surface area contributed by atoms with E-state index in [1.165, 1.54) is 6.21 Å². The highest BCUT2D eigenvalue weighted by Crippen LogP contribution is 2.30. The number of rotatable bonds is 5. The summed E-state index contributed by atoms with van der Waals surface area (Å²) in [5, 5.41) is 13.9. The van der Waals surface area contributed by atoms with Gasteiger partial charge in [0.25, 0.3) is 0 Å². The third-order valence-electron chi connectivity index (χ3n) is 3.88. The largest absolute Gasteiger partial charge is 0.506 e. The Labute approximate surface area is 167 Å². The molecule has 1 unspecified atom stereocenters. The topological polar surface area (TPSA) is 79.5 Å². The molecule has 2 N–H and O–H groups in total. The molecule has 1 amide bonds. The van der Waals surface area contributed by atoms with Crippen LogP contribution in [0.15, 0.2) is 56.8 Å². The summed E-state index contributed by atoms with van der Waals surface area (Å²) in [5.41, 5.74) is 4.88. The smallest absolute Gasteiger partial charge is 0.244 e. The van der Waals surface area contributed by atoms with Gasteiger partial charge >= 0.3 is 0 Å². The zero-order valence-corrected chi connectivity index (χ0v) is 17.0. The lowest BCUT2D eigenvalue weighted by molar-refractivity contribution is -0.124. The fourth-order valence-electron chi connectivity index (χ4n) is 2.49. The van der Waals surface area contributed by atoms with E-state index >= 15 is 0 Å². The molecule has 0 fully saturated rings. The first-order valence-corrected chi connectivity index (χ1v) is 9.45. The Kier molecular flexibility index (Phi) is 5.73. The minimum atomic E-state index is -0.299. The van der Waals surface area contributed by atoms with Crippen molar-refractivity contribution >= 4 is 55.0 Å². The molecule has 3 rings (SSSR count). The van der Waals surface area contributed by atoms with Crippen molar-refractivity contribution in [3.8, 4) is 5.75 Å². The first-order chi connectivity index (χ1) is 12.5. The van der Waals surface area contributed by atoms with Crippen molar-refractivity contribution in [2.75, 3.05) is 0 Å². The molecule has 0 saturated carbocycles. The Morgan fingerprint density at radius 1 is 1.38 bits per heavy atom. The molecule has 2 aromatic carbocycles. The summed E-state index contributed by atoms with van der Waals surface area (Å²) >= 11 is 6.60. The van der Waals surface area contributed by atoms with Crippen molar-refractivity contribution in [2.45, 2.75) is 13.5 Å². The Bertz CT molecular complexity index is 984. The van der Waals surface area contributed by atoms with E-state index in [9.17, 15) is 9.90 Å². The molecule has 3 aromatic rings. The van der Waals surface area contributed by atoms with E-state index in [2.05, 4.69) is 47.4 Å². The van der Waals surface area contributed by atoms with E-state index < -0.39 is 0 Å². The molecular weight excluding hydrogens is 464 g/mol. The van der Waals surface area contributed by atoms with E-state index in [-0.39, 0.29) is 17.6 Å². The molecule has 26 heavy (non-hydrogen) atoms. The van der Waals surface area contributed by atoms with Gasteiger partial charge in [0.05, 0.1) is 34.0 Å². The molecule has 8 heteroatoms. The Morgan fingerprint density at radius 2 is 2.15 bits per heavy atom. The summed E-state index contributed by atoms with van der Waals surface area (Å²) in [6.07, 6.45) is 3.14. The number of amides is 1. The number of nitrogens with zero attached hydrogens (tertiary/aromatic N) is 3. The molecule has 0 aliphatic carbocycles. The van der Waals surface area contributed by atoms with Gasteiger partial charge in [0, 0.05) is 16.6 Å². The monoisotopic (exact) mass is 478 g/mol. The van der Waals surface area contributed by atoms with E-state index in [0.29, 0.717) is 16.6 Å². The summed E-state index contributed by atoms with van der Waals surface area (Å²) < 4.78 is 3.27. The zero-order chi connectivity index (χ0) is 18.7. The Morgan fingerprint density at radius 3 is 2.96 bits per heavy atom. The number of fused-ring (bicyclic) bond motifs is 1. The standard InChI is InChI=1S/C18H16Br2N4O2/c1-11(9-24-10-21-15-4-2-3-5-16(15)24)18(26)23-22-8-12-6-13(19)7-14(20)17(12)25/h2-8,10-11,25H,9H2,1H3,(H,23,26). The van der Waals surface area contributed by atoms with Gasteiger partial charge in [0.2, 0.25) is 5.91 Å². The first-order valence-electron chi connectivity index (χ1n) is 7.86. The second-order valence-corrected chi connectivity index (χ2v) is 7.62. The minimum Gasteiger partial charge on any atom is -0.506 e. The number of phenols is 1. The number of phenolic OH excluding ortho intramolecular Hbond substituents is 1. The molecule has 1 heterocycles. The van der Waals surface area contributed by atoms with E-state index in [0.717, 1.165) is 15.5 Å². The highest BCUT2D eigenvalue weighted by Gasteiger charge is 2.14. The molecule has 0 aliphatic rings. The number of imidazole rings is 1. The number of aromatic hydroxyl groups is 1. The Hall–Kier alpha value is -2.19. The molecule has 0 bridgehead atoms. The van der Waals surface area contributed by atoms with Crippen LogP contribution >= 0.6 is 31.9 Å². The van der Waals surface area contributed by atoms with Crippen LogP contribution < -0.4 is 5.43 Å². The first kappa shape index (κ1) is 18.6. The predicted octanol–water partition coefficient (Wildman–Crippen LogP) is 4.05. The van der Waals surface area contributed by atoms with Gasteiger partial charge in [-0.25, -0.2) is 10.4 Å². The van der Waals surface area contributed by atoms with Crippen LogP contribution in [0.25, 0.3) is 11.0 Å². The summed E-state index contributed by atoms with van der Waals surface area (Å²) in [5.74, 6) is -0.454.